The number of aromatic nitrogens is 3. The third-order valence-electron chi connectivity index (χ3n) is 3.52. The summed E-state index contributed by atoms with van der Waals surface area (Å²) < 4.78 is 0. The third-order valence-corrected chi connectivity index (χ3v) is 3.52. The van der Waals surface area contributed by atoms with Crippen LogP contribution < -0.4 is 5.73 Å². The Labute approximate surface area is 118 Å². The van der Waals surface area contributed by atoms with E-state index in [1.54, 1.807) is 0 Å². The molecule has 4 nitrogen and oxygen atoms in total. The van der Waals surface area contributed by atoms with Gasteiger partial charge in [-0.2, -0.15) is 0 Å². The molecular weight excluding hydrogens is 248 g/mol. The van der Waals surface area contributed by atoms with Gasteiger partial charge in [0.25, 0.3) is 0 Å². The van der Waals surface area contributed by atoms with Crippen molar-refractivity contribution in [3.63, 3.8) is 0 Å². The van der Waals surface area contributed by atoms with E-state index in [0.717, 1.165) is 34.5 Å². The van der Waals surface area contributed by atoms with Crippen molar-refractivity contribution in [2.75, 3.05) is 6.54 Å². The number of nitrogens with two attached hydrogens (primary N) is 1. The van der Waals surface area contributed by atoms with E-state index < -0.39 is 0 Å². The van der Waals surface area contributed by atoms with Crippen LogP contribution in [0.3, 0.4) is 0 Å². The average molecular weight is 266 g/mol. The van der Waals surface area contributed by atoms with Crippen LogP contribution in [0, 0.1) is 13.8 Å². The first kappa shape index (κ1) is 12.8. The number of fused-ring (bicyclic) bond motifs is 1. The van der Waals surface area contributed by atoms with Crippen molar-refractivity contribution in [1.82, 2.24) is 15.0 Å². The van der Waals surface area contributed by atoms with Gasteiger partial charge in [0.05, 0.1) is 5.69 Å². The lowest BCUT2D eigenvalue weighted by atomic mass is 10.1. The fourth-order valence-electron chi connectivity index (χ4n) is 2.47. The second kappa shape index (κ2) is 5.06. The lowest BCUT2D eigenvalue weighted by Crippen LogP contribution is -2.02. The van der Waals surface area contributed by atoms with Gasteiger partial charge >= 0.3 is 0 Å². The largest absolute Gasteiger partial charge is 0.346 e. The first-order chi connectivity index (χ1) is 9.69. The molecule has 0 unspecified atom stereocenters. The minimum atomic E-state index is 0.631. The Hall–Kier alpha value is -2.20. The Morgan fingerprint density at radius 3 is 2.55 bits per heavy atom. The first-order valence-corrected chi connectivity index (χ1v) is 6.80. The monoisotopic (exact) mass is 266 g/mol. The molecule has 0 atom stereocenters. The first-order valence-electron chi connectivity index (χ1n) is 6.80. The average Bonchev–Trinajstić information content (AvgIpc) is 2.84. The Morgan fingerprint density at radius 2 is 1.85 bits per heavy atom. The van der Waals surface area contributed by atoms with Crippen LogP contribution in [0.15, 0.2) is 30.5 Å². The van der Waals surface area contributed by atoms with Crippen LogP contribution in [-0.2, 0) is 6.42 Å². The molecule has 0 bridgehead atoms. The van der Waals surface area contributed by atoms with Gasteiger partial charge in [0, 0.05) is 17.1 Å². The van der Waals surface area contributed by atoms with E-state index in [1.165, 1.54) is 11.1 Å². The number of aromatic amines is 1. The van der Waals surface area contributed by atoms with Gasteiger partial charge in [0.15, 0.2) is 5.82 Å². The smallest absolute Gasteiger partial charge is 0.161 e. The maximum absolute atomic E-state index is 5.64. The Bertz CT molecular complexity index is 741. The number of hydrogen-bond donors (Lipinski definition) is 2. The van der Waals surface area contributed by atoms with Gasteiger partial charge in [0.2, 0.25) is 0 Å². The zero-order chi connectivity index (χ0) is 14.1. The molecule has 102 valence electrons. The normalized spacial score (nSPS) is 11.2. The highest BCUT2D eigenvalue weighted by Gasteiger charge is 2.11. The van der Waals surface area contributed by atoms with Crippen molar-refractivity contribution in [2.45, 2.75) is 20.3 Å². The summed E-state index contributed by atoms with van der Waals surface area (Å²) in [5.41, 5.74) is 11.0. The zero-order valence-corrected chi connectivity index (χ0v) is 11.8. The molecule has 0 amide bonds. The lowest BCUT2D eigenvalue weighted by Gasteiger charge is -2.05. The van der Waals surface area contributed by atoms with Gasteiger partial charge in [-0.15, -0.1) is 0 Å². The van der Waals surface area contributed by atoms with Gasteiger partial charge in [0.1, 0.15) is 5.65 Å². The predicted octanol–water partition coefficient (Wildman–Crippen LogP) is 2.74. The van der Waals surface area contributed by atoms with Crippen molar-refractivity contribution in [3.8, 4) is 11.4 Å². The van der Waals surface area contributed by atoms with E-state index in [-0.39, 0.29) is 0 Å². The second-order valence-corrected chi connectivity index (χ2v) is 5.07. The number of hydrogen-bond acceptors (Lipinski definition) is 3. The number of nitrogens with zero attached hydrogens (tertiary/aromatic N) is 2. The molecular formula is C16H18N4. The summed E-state index contributed by atoms with van der Waals surface area (Å²) >= 11 is 0. The van der Waals surface area contributed by atoms with E-state index in [1.807, 2.05) is 13.1 Å². The molecule has 20 heavy (non-hydrogen) atoms. The summed E-state index contributed by atoms with van der Waals surface area (Å²) in [6.45, 7) is 4.73. The third kappa shape index (κ3) is 2.18. The van der Waals surface area contributed by atoms with E-state index in [2.05, 4.69) is 46.1 Å². The van der Waals surface area contributed by atoms with Crippen molar-refractivity contribution in [3.05, 3.63) is 47.3 Å². The van der Waals surface area contributed by atoms with Crippen LogP contribution >= 0.6 is 0 Å². The second-order valence-electron chi connectivity index (χ2n) is 5.07. The fraction of sp³-hybridized carbons (Fsp3) is 0.250. The standard InChI is InChI=1S/C16H18N4/c1-10-3-5-12(6-4-10)15-19-11(2)14-13(7-8-17)9-18-16(14)20-15/h3-6,9H,7-8,17H2,1-2H3,(H,18,19,20). The number of benzene rings is 1. The molecule has 0 aliphatic carbocycles. The molecule has 0 fully saturated rings. The van der Waals surface area contributed by atoms with Crippen LogP contribution in [0.2, 0.25) is 0 Å². The van der Waals surface area contributed by atoms with Gasteiger partial charge in [-0.25, -0.2) is 9.97 Å². The molecule has 0 saturated carbocycles. The molecule has 4 heteroatoms. The SMILES string of the molecule is Cc1ccc(-c2nc(C)c3c(CCN)c[nH]c3n2)cc1. The van der Waals surface area contributed by atoms with Crippen molar-refractivity contribution in [2.24, 2.45) is 5.73 Å². The summed E-state index contributed by atoms with van der Waals surface area (Å²) in [5, 5.41) is 1.10. The quantitative estimate of drug-likeness (QED) is 0.766. The highest BCUT2D eigenvalue weighted by Crippen LogP contribution is 2.24. The highest BCUT2D eigenvalue weighted by atomic mass is 15.0. The number of H-pyrrole nitrogens is 1. The summed E-state index contributed by atoms with van der Waals surface area (Å²) in [5.74, 6) is 0.760. The van der Waals surface area contributed by atoms with Crippen LogP contribution in [0.25, 0.3) is 22.4 Å². The number of aryl methyl sites for hydroxylation is 2. The van der Waals surface area contributed by atoms with E-state index >= 15 is 0 Å². The fourth-order valence-corrected chi connectivity index (χ4v) is 2.47. The highest BCUT2D eigenvalue weighted by molar-refractivity contribution is 5.83. The number of nitrogens with one attached hydrogen (secondary N) is 1. The molecule has 0 aliphatic rings. The molecule has 2 heterocycles. The van der Waals surface area contributed by atoms with Crippen LogP contribution in [0.4, 0.5) is 0 Å². The van der Waals surface area contributed by atoms with Gasteiger partial charge in [-0.3, -0.25) is 0 Å². The number of rotatable bonds is 3. The maximum Gasteiger partial charge on any atom is 0.161 e. The van der Waals surface area contributed by atoms with Crippen molar-refractivity contribution < 1.29 is 0 Å². The maximum atomic E-state index is 5.64. The van der Waals surface area contributed by atoms with E-state index in [0.29, 0.717) is 6.54 Å². The molecule has 0 aliphatic heterocycles. The van der Waals surface area contributed by atoms with Crippen LogP contribution in [0.1, 0.15) is 16.8 Å². The van der Waals surface area contributed by atoms with Gasteiger partial charge in [-0.1, -0.05) is 29.8 Å². The Balaban J connectivity index is 2.13. The minimum absolute atomic E-state index is 0.631. The predicted molar refractivity (Wildman–Crippen MR) is 81.6 cm³/mol. The molecule has 3 N–H and O–H groups in total. The van der Waals surface area contributed by atoms with Gasteiger partial charge in [-0.05, 0) is 32.4 Å². The summed E-state index contributed by atoms with van der Waals surface area (Å²) in [4.78, 5) is 12.5. The minimum Gasteiger partial charge on any atom is -0.346 e. The molecule has 3 aromatic rings. The lowest BCUT2D eigenvalue weighted by molar-refractivity contribution is 0.974. The summed E-state index contributed by atoms with van der Waals surface area (Å²) in [6.07, 6.45) is 2.83. The molecule has 2 aromatic heterocycles. The van der Waals surface area contributed by atoms with Crippen molar-refractivity contribution in [1.29, 1.82) is 0 Å². The van der Waals surface area contributed by atoms with Crippen LogP contribution in [0.5, 0.6) is 0 Å². The summed E-state index contributed by atoms with van der Waals surface area (Å²) in [6, 6.07) is 8.26. The van der Waals surface area contributed by atoms with Gasteiger partial charge < -0.3 is 10.7 Å². The van der Waals surface area contributed by atoms with Crippen LogP contribution in [-0.4, -0.2) is 21.5 Å². The Kier molecular flexibility index (Phi) is 3.24. The molecule has 0 saturated heterocycles. The summed E-state index contributed by atoms with van der Waals surface area (Å²) in [7, 11) is 0. The van der Waals surface area contributed by atoms with E-state index in [9.17, 15) is 0 Å². The zero-order valence-electron chi connectivity index (χ0n) is 11.8. The molecule has 0 spiro atoms. The Morgan fingerprint density at radius 1 is 1.10 bits per heavy atom. The molecule has 0 radical (unpaired) electrons. The molecule has 3 rings (SSSR count). The van der Waals surface area contributed by atoms with Crippen molar-refractivity contribution >= 4 is 11.0 Å². The van der Waals surface area contributed by atoms with E-state index in [4.69, 9.17) is 5.73 Å². The molecule has 1 aromatic carbocycles. The topological polar surface area (TPSA) is 67.6 Å².